The Bertz CT molecular complexity index is 673. The van der Waals surface area contributed by atoms with Gasteiger partial charge in [0.2, 0.25) is 0 Å². The molecule has 0 radical (unpaired) electrons. The van der Waals surface area contributed by atoms with Crippen LogP contribution in [0.5, 0.6) is 0 Å². The minimum absolute atomic E-state index is 0.105. The maximum absolute atomic E-state index is 12.5. The van der Waals surface area contributed by atoms with Gasteiger partial charge in [0, 0.05) is 17.5 Å². The molecule has 0 saturated heterocycles. The lowest BCUT2D eigenvalue weighted by atomic mass is 10.1. The lowest BCUT2D eigenvalue weighted by molar-refractivity contribution is -0.165. The third kappa shape index (κ3) is 4.22. The number of nitrogens with one attached hydrogen (secondary N) is 1. The standard InChI is InChI=1S/C17H14F3NO/c1-12-7-9-13(10-8-12)15(11-16(22)17(18,19)20)21-14-5-3-2-4-6-14/h2-11,21H,1H3. The summed E-state index contributed by atoms with van der Waals surface area (Å²) >= 11 is 0. The van der Waals surface area contributed by atoms with Crippen LogP contribution >= 0.6 is 0 Å². The van der Waals surface area contributed by atoms with E-state index in [2.05, 4.69) is 5.32 Å². The average Bonchev–Trinajstić information content (AvgIpc) is 2.47. The Kier molecular flexibility index (Phi) is 4.65. The van der Waals surface area contributed by atoms with Gasteiger partial charge in [-0.1, -0.05) is 48.0 Å². The Balaban J connectivity index is 2.38. The maximum atomic E-state index is 12.5. The highest BCUT2D eigenvalue weighted by molar-refractivity contribution is 6.02. The number of anilines is 1. The Morgan fingerprint density at radius 2 is 1.59 bits per heavy atom. The van der Waals surface area contributed by atoms with Gasteiger partial charge < -0.3 is 5.32 Å². The number of ketones is 1. The highest BCUT2D eigenvalue weighted by Gasteiger charge is 2.36. The fraction of sp³-hybridized carbons (Fsp3) is 0.118. The van der Waals surface area contributed by atoms with Gasteiger partial charge in [-0.25, -0.2) is 0 Å². The van der Waals surface area contributed by atoms with E-state index in [1.165, 1.54) is 0 Å². The highest BCUT2D eigenvalue weighted by Crippen LogP contribution is 2.23. The van der Waals surface area contributed by atoms with Gasteiger partial charge in [-0.15, -0.1) is 0 Å². The Morgan fingerprint density at radius 3 is 2.14 bits per heavy atom. The van der Waals surface area contributed by atoms with Crippen molar-refractivity contribution in [3.05, 3.63) is 71.8 Å². The van der Waals surface area contributed by atoms with Gasteiger partial charge in [-0.3, -0.25) is 4.79 Å². The van der Waals surface area contributed by atoms with Crippen molar-refractivity contribution in [1.82, 2.24) is 0 Å². The highest BCUT2D eigenvalue weighted by atomic mass is 19.4. The minimum Gasteiger partial charge on any atom is -0.355 e. The molecule has 114 valence electrons. The van der Waals surface area contributed by atoms with Crippen LogP contribution < -0.4 is 5.32 Å². The molecule has 0 aromatic heterocycles. The molecule has 0 bridgehead atoms. The summed E-state index contributed by atoms with van der Waals surface area (Å²) in [6.45, 7) is 1.87. The number of aryl methyl sites for hydroxylation is 1. The number of para-hydroxylation sites is 1. The van der Waals surface area contributed by atoms with Crippen LogP contribution in [-0.2, 0) is 4.79 Å². The molecule has 2 rings (SSSR count). The summed E-state index contributed by atoms with van der Waals surface area (Å²) in [5, 5.41) is 2.86. The number of halogens is 3. The topological polar surface area (TPSA) is 29.1 Å². The zero-order chi connectivity index (χ0) is 16.2. The van der Waals surface area contributed by atoms with Crippen LogP contribution in [0.2, 0.25) is 0 Å². The fourth-order valence-corrected chi connectivity index (χ4v) is 1.81. The van der Waals surface area contributed by atoms with E-state index >= 15 is 0 Å². The fourth-order valence-electron chi connectivity index (χ4n) is 1.81. The second kappa shape index (κ2) is 6.47. The molecule has 0 saturated carbocycles. The monoisotopic (exact) mass is 305 g/mol. The van der Waals surface area contributed by atoms with Crippen LogP contribution in [0.3, 0.4) is 0 Å². The molecule has 2 aromatic carbocycles. The van der Waals surface area contributed by atoms with Crippen molar-refractivity contribution >= 4 is 17.2 Å². The molecule has 2 aromatic rings. The van der Waals surface area contributed by atoms with Crippen LogP contribution in [0.4, 0.5) is 18.9 Å². The van der Waals surface area contributed by atoms with Crippen molar-refractivity contribution in [2.75, 3.05) is 5.32 Å². The van der Waals surface area contributed by atoms with Gasteiger partial charge in [-0.2, -0.15) is 13.2 Å². The first-order chi connectivity index (χ1) is 10.4. The summed E-state index contributed by atoms with van der Waals surface area (Å²) in [7, 11) is 0. The summed E-state index contributed by atoms with van der Waals surface area (Å²) in [5.74, 6) is -1.90. The number of carbonyl (C=O) groups is 1. The second-order valence-electron chi connectivity index (χ2n) is 4.78. The molecule has 0 amide bonds. The molecule has 0 heterocycles. The first kappa shape index (κ1) is 15.8. The van der Waals surface area contributed by atoms with Gasteiger partial charge >= 0.3 is 6.18 Å². The van der Waals surface area contributed by atoms with Gasteiger partial charge in [0.1, 0.15) is 0 Å². The van der Waals surface area contributed by atoms with E-state index in [-0.39, 0.29) is 5.70 Å². The smallest absolute Gasteiger partial charge is 0.355 e. The first-order valence-electron chi connectivity index (χ1n) is 6.58. The van der Waals surface area contributed by atoms with E-state index in [9.17, 15) is 18.0 Å². The van der Waals surface area contributed by atoms with Crippen LogP contribution in [-0.4, -0.2) is 12.0 Å². The second-order valence-corrected chi connectivity index (χ2v) is 4.78. The number of benzene rings is 2. The van der Waals surface area contributed by atoms with Crippen molar-refractivity contribution in [2.24, 2.45) is 0 Å². The molecule has 1 N–H and O–H groups in total. The molecular weight excluding hydrogens is 291 g/mol. The van der Waals surface area contributed by atoms with E-state index in [0.717, 1.165) is 5.56 Å². The molecule has 22 heavy (non-hydrogen) atoms. The Labute approximate surface area is 126 Å². The molecule has 0 fully saturated rings. The van der Waals surface area contributed by atoms with Crippen molar-refractivity contribution in [3.63, 3.8) is 0 Å². The summed E-state index contributed by atoms with van der Waals surface area (Å²) in [6.07, 6.45) is -4.31. The minimum atomic E-state index is -4.89. The molecular formula is C17H14F3NO. The average molecular weight is 305 g/mol. The predicted molar refractivity (Wildman–Crippen MR) is 80.3 cm³/mol. The molecule has 0 atom stereocenters. The lowest BCUT2D eigenvalue weighted by Gasteiger charge is -2.12. The lowest BCUT2D eigenvalue weighted by Crippen LogP contribution is -2.21. The van der Waals surface area contributed by atoms with E-state index < -0.39 is 12.0 Å². The quantitative estimate of drug-likeness (QED) is 0.838. The van der Waals surface area contributed by atoms with Crippen molar-refractivity contribution in [3.8, 4) is 0 Å². The molecule has 0 aliphatic carbocycles. The molecule has 5 heteroatoms. The van der Waals surface area contributed by atoms with Crippen LogP contribution in [0.15, 0.2) is 60.7 Å². The van der Waals surface area contributed by atoms with E-state index in [0.29, 0.717) is 17.3 Å². The zero-order valence-corrected chi connectivity index (χ0v) is 11.8. The number of alkyl halides is 3. The third-order valence-corrected chi connectivity index (χ3v) is 2.97. The molecule has 0 aliphatic rings. The van der Waals surface area contributed by atoms with Gasteiger partial charge in [0.15, 0.2) is 0 Å². The molecule has 0 spiro atoms. The van der Waals surface area contributed by atoms with Gasteiger partial charge in [-0.05, 0) is 24.6 Å². The number of hydrogen-bond donors (Lipinski definition) is 1. The molecule has 2 nitrogen and oxygen atoms in total. The van der Waals surface area contributed by atoms with Gasteiger partial charge in [0.25, 0.3) is 5.78 Å². The summed E-state index contributed by atoms with van der Waals surface area (Å²) in [5.41, 5.74) is 2.19. The number of rotatable bonds is 4. The van der Waals surface area contributed by atoms with Crippen molar-refractivity contribution in [2.45, 2.75) is 13.1 Å². The maximum Gasteiger partial charge on any atom is 0.454 e. The predicted octanol–water partition coefficient (Wildman–Crippen LogP) is 4.58. The molecule has 0 unspecified atom stereocenters. The van der Waals surface area contributed by atoms with Crippen molar-refractivity contribution in [1.29, 1.82) is 0 Å². The van der Waals surface area contributed by atoms with E-state index in [1.54, 1.807) is 54.6 Å². The summed E-state index contributed by atoms with van der Waals surface area (Å²) < 4.78 is 37.5. The van der Waals surface area contributed by atoms with E-state index in [4.69, 9.17) is 0 Å². The van der Waals surface area contributed by atoms with Crippen LogP contribution in [0, 0.1) is 6.92 Å². The Hall–Kier alpha value is -2.56. The SMILES string of the molecule is Cc1ccc(C(=CC(=O)C(F)(F)F)Nc2ccccc2)cc1. The normalized spacial score (nSPS) is 12.1. The largest absolute Gasteiger partial charge is 0.454 e. The summed E-state index contributed by atoms with van der Waals surface area (Å²) in [4.78, 5) is 11.3. The van der Waals surface area contributed by atoms with E-state index in [1.807, 2.05) is 6.92 Å². The summed E-state index contributed by atoms with van der Waals surface area (Å²) in [6, 6.07) is 15.6. The van der Waals surface area contributed by atoms with Crippen LogP contribution in [0.25, 0.3) is 5.70 Å². The first-order valence-corrected chi connectivity index (χ1v) is 6.58. The number of allylic oxidation sites excluding steroid dienone is 1. The third-order valence-electron chi connectivity index (χ3n) is 2.97. The Morgan fingerprint density at radius 1 is 1.00 bits per heavy atom. The van der Waals surface area contributed by atoms with Gasteiger partial charge in [0.05, 0.1) is 0 Å². The number of carbonyl (C=O) groups excluding carboxylic acids is 1. The molecule has 0 aliphatic heterocycles. The number of hydrogen-bond acceptors (Lipinski definition) is 2. The zero-order valence-electron chi connectivity index (χ0n) is 11.8. The van der Waals surface area contributed by atoms with Crippen molar-refractivity contribution < 1.29 is 18.0 Å². The van der Waals surface area contributed by atoms with Crippen LogP contribution in [0.1, 0.15) is 11.1 Å².